The summed E-state index contributed by atoms with van der Waals surface area (Å²) in [6.45, 7) is 3.27. The van der Waals surface area contributed by atoms with Gasteiger partial charge in [-0.2, -0.15) is 0 Å². The molecule has 2 aromatic carbocycles. The van der Waals surface area contributed by atoms with E-state index in [0.29, 0.717) is 10.6 Å². The van der Waals surface area contributed by atoms with Crippen LogP contribution < -0.4 is 10.6 Å². The SMILES string of the molecule is CC(C)NC(=O)COC(=O)C[C@H](NC(=O)c1ccccc1Cl)c1ccccc1. The number of halogens is 1. The van der Waals surface area contributed by atoms with Crippen LogP contribution in [0.3, 0.4) is 0 Å². The second-order valence-corrected chi connectivity index (χ2v) is 6.91. The summed E-state index contributed by atoms with van der Waals surface area (Å²) in [4.78, 5) is 36.5. The number of ether oxygens (including phenoxy) is 1. The quantitative estimate of drug-likeness (QED) is 0.664. The lowest BCUT2D eigenvalue weighted by molar-refractivity contribution is -0.149. The Morgan fingerprint density at radius 1 is 0.964 bits per heavy atom. The molecule has 0 radical (unpaired) electrons. The Kier molecular flexibility index (Phi) is 8.02. The molecule has 0 aliphatic heterocycles. The van der Waals surface area contributed by atoms with E-state index in [4.69, 9.17) is 16.3 Å². The molecule has 2 N–H and O–H groups in total. The van der Waals surface area contributed by atoms with Gasteiger partial charge in [0.2, 0.25) is 0 Å². The lowest BCUT2D eigenvalue weighted by atomic mass is 10.0. The van der Waals surface area contributed by atoms with E-state index in [9.17, 15) is 14.4 Å². The van der Waals surface area contributed by atoms with Crippen molar-refractivity contribution in [3.8, 4) is 0 Å². The first kappa shape index (κ1) is 21.4. The summed E-state index contributed by atoms with van der Waals surface area (Å²) in [6, 6.07) is 15.1. The van der Waals surface area contributed by atoms with Gasteiger partial charge >= 0.3 is 5.97 Å². The molecule has 0 heterocycles. The second kappa shape index (κ2) is 10.5. The molecule has 1 atom stereocenters. The monoisotopic (exact) mass is 402 g/mol. The van der Waals surface area contributed by atoms with Crippen LogP contribution in [0.25, 0.3) is 0 Å². The van der Waals surface area contributed by atoms with Gasteiger partial charge in [-0.1, -0.05) is 54.1 Å². The highest BCUT2D eigenvalue weighted by Crippen LogP contribution is 2.20. The number of hydrogen-bond donors (Lipinski definition) is 2. The van der Waals surface area contributed by atoms with Crippen LogP contribution in [-0.4, -0.2) is 30.4 Å². The predicted molar refractivity (Wildman–Crippen MR) is 107 cm³/mol. The molecule has 2 amide bonds. The maximum atomic E-state index is 12.6. The molecule has 2 rings (SSSR count). The maximum Gasteiger partial charge on any atom is 0.308 e. The number of amides is 2. The Morgan fingerprint density at radius 3 is 2.25 bits per heavy atom. The van der Waals surface area contributed by atoms with E-state index in [1.165, 1.54) is 0 Å². The number of carbonyl (C=O) groups excluding carboxylic acids is 3. The van der Waals surface area contributed by atoms with Crippen molar-refractivity contribution in [2.24, 2.45) is 0 Å². The van der Waals surface area contributed by atoms with Gasteiger partial charge in [-0.3, -0.25) is 14.4 Å². The van der Waals surface area contributed by atoms with Gasteiger partial charge in [0.1, 0.15) is 0 Å². The van der Waals surface area contributed by atoms with E-state index in [0.717, 1.165) is 5.56 Å². The molecule has 0 fully saturated rings. The Labute approximate surface area is 169 Å². The number of esters is 1. The van der Waals surface area contributed by atoms with Gasteiger partial charge in [-0.05, 0) is 31.5 Å². The van der Waals surface area contributed by atoms with Crippen molar-refractivity contribution < 1.29 is 19.1 Å². The Hall–Kier alpha value is -2.86. The molecule has 0 bridgehead atoms. The fourth-order valence-corrected chi connectivity index (χ4v) is 2.78. The average molecular weight is 403 g/mol. The minimum absolute atomic E-state index is 0.0434. The maximum absolute atomic E-state index is 12.6. The lowest BCUT2D eigenvalue weighted by Gasteiger charge is -2.19. The topological polar surface area (TPSA) is 84.5 Å². The summed E-state index contributed by atoms with van der Waals surface area (Å²) in [5.74, 6) is -1.36. The minimum atomic E-state index is -0.620. The molecule has 0 saturated carbocycles. The Balaban J connectivity index is 2.06. The molecule has 0 aromatic heterocycles. The summed E-state index contributed by atoms with van der Waals surface area (Å²) in [7, 11) is 0. The van der Waals surface area contributed by atoms with Crippen molar-refractivity contribution in [3.63, 3.8) is 0 Å². The van der Waals surface area contributed by atoms with Crippen LogP contribution in [-0.2, 0) is 14.3 Å². The van der Waals surface area contributed by atoms with Crippen molar-refractivity contribution in [2.75, 3.05) is 6.61 Å². The number of carbonyl (C=O) groups is 3. The van der Waals surface area contributed by atoms with Gasteiger partial charge < -0.3 is 15.4 Å². The molecule has 0 saturated heterocycles. The smallest absolute Gasteiger partial charge is 0.308 e. The molecule has 0 unspecified atom stereocenters. The second-order valence-electron chi connectivity index (χ2n) is 6.50. The first-order valence-corrected chi connectivity index (χ1v) is 9.30. The first-order chi connectivity index (χ1) is 13.4. The van der Waals surface area contributed by atoms with Crippen LogP contribution in [0.2, 0.25) is 5.02 Å². The summed E-state index contributed by atoms with van der Waals surface area (Å²) >= 11 is 6.08. The molecule has 28 heavy (non-hydrogen) atoms. The Bertz CT molecular complexity index is 824. The highest BCUT2D eigenvalue weighted by Gasteiger charge is 2.21. The third kappa shape index (κ3) is 6.70. The van der Waals surface area contributed by atoms with Crippen LogP contribution in [0.1, 0.15) is 42.2 Å². The zero-order chi connectivity index (χ0) is 20.5. The molecular formula is C21H23ClN2O4. The van der Waals surface area contributed by atoms with E-state index < -0.39 is 17.9 Å². The van der Waals surface area contributed by atoms with Crippen molar-refractivity contribution in [1.82, 2.24) is 10.6 Å². The highest BCUT2D eigenvalue weighted by atomic mass is 35.5. The van der Waals surface area contributed by atoms with Gasteiger partial charge in [0.05, 0.1) is 23.0 Å². The molecule has 0 spiro atoms. The standard InChI is InChI=1S/C21H23ClN2O4/c1-14(2)23-19(25)13-28-20(26)12-18(15-8-4-3-5-9-15)24-21(27)16-10-6-7-11-17(16)22/h3-11,14,18H,12-13H2,1-2H3,(H,23,25)(H,24,27)/t18-/m0/s1. The van der Waals surface area contributed by atoms with Crippen LogP contribution in [0.15, 0.2) is 54.6 Å². The molecule has 148 valence electrons. The van der Waals surface area contributed by atoms with Crippen LogP contribution in [0.4, 0.5) is 0 Å². The largest absolute Gasteiger partial charge is 0.456 e. The number of nitrogens with one attached hydrogen (secondary N) is 2. The summed E-state index contributed by atoms with van der Waals surface area (Å²) in [5.41, 5.74) is 1.06. The third-order valence-electron chi connectivity index (χ3n) is 3.81. The van der Waals surface area contributed by atoms with Crippen molar-refractivity contribution in [3.05, 3.63) is 70.7 Å². The van der Waals surface area contributed by atoms with Crippen LogP contribution in [0.5, 0.6) is 0 Å². The molecule has 0 aliphatic rings. The van der Waals surface area contributed by atoms with Gasteiger partial charge in [-0.25, -0.2) is 0 Å². The summed E-state index contributed by atoms with van der Waals surface area (Å²) < 4.78 is 5.04. The average Bonchev–Trinajstić information content (AvgIpc) is 2.66. The fourth-order valence-electron chi connectivity index (χ4n) is 2.55. The first-order valence-electron chi connectivity index (χ1n) is 8.92. The number of hydrogen-bond acceptors (Lipinski definition) is 4. The Morgan fingerprint density at radius 2 is 1.61 bits per heavy atom. The molecule has 0 aliphatic carbocycles. The van der Waals surface area contributed by atoms with Gasteiger partial charge in [0.25, 0.3) is 11.8 Å². The van der Waals surface area contributed by atoms with Gasteiger partial charge in [0.15, 0.2) is 6.61 Å². The predicted octanol–water partition coefficient (Wildman–Crippen LogP) is 3.27. The van der Waals surface area contributed by atoms with Gasteiger partial charge in [-0.15, -0.1) is 0 Å². The van der Waals surface area contributed by atoms with E-state index in [2.05, 4.69) is 10.6 Å². The van der Waals surface area contributed by atoms with E-state index in [1.807, 2.05) is 32.0 Å². The van der Waals surface area contributed by atoms with Crippen molar-refractivity contribution >= 4 is 29.4 Å². The zero-order valence-corrected chi connectivity index (χ0v) is 16.5. The minimum Gasteiger partial charge on any atom is -0.456 e. The van der Waals surface area contributed by atoms with Crippen LogP contribution >= 0.6 is 11.6 Å². The number of benzene rings is 2. The molecular weight excluding hydrogens is 380 g/mol. The van der Waals surface area contributed by atoms with Crippen LogP contribution in [0, 0.1) is 0 Å². The van der Waals surface area contributed by atoms with Crippen molar-refractivity contribution in [2.45, 2.75) is 32.4 Å². The van der Waals surface area contributed by atoms with Gasteiger partial charge in [0, 0.05) is 6.04 Å². The van der Waals surface area contributed by atoms with E-state index in [-0.39, 0.29) is 25.0 Å². The zero-order valence-electron chi connectivity index (χ0n) is 15.8. The third-order valence-corrected chi connectivity index (χ3v) is 4.14. The van der Waals surface area contributed by atoms with E-state index in [1.54, 1.807) is 36.4 Å². The molecule has 6 nitrogen and oxygen atoms in total. The van der Waals surface area contributed by atoms with Crippen molar-refractivity contribution in [1.29, 1.82) is 0 Å². The summed E-state index contributed by atoms with van der Waals surface area (Å²) in [5, 5.41) is 5.78. The lowest BCUT2D eigenvalue weighted by Crippen LogP contribution is -2.35. The molecule has 7 heteroatoms. The number of rotatable bonds is 8. The normalized spacial score (nSPS) is 11.6. The van der Waals surface area contributed by atoms with E-state index >= 15 is 0 Å². The highest BCUT2D eigenvalue weighted by molar-refractivity contribution is 6.33. The fraction of sp³-hybridized carbons (Fsp3) is 0.286. The summed E-state index contributed by atoms with van der Waals surface area (Å²) in [6.07, 6.45) is -0.116. The molecule has 2 aromatic rings.